The summed E-state index contributed by atoms with van der Waals surface area (Å²) in [5.74, 6) is -0.858. The van der Waals surface area contributed by atoms with Crippen molar-refractivity contribution in [3.63, 3.8) is 0 Å². The molecule has 2 aromatic rings. The lowest BCUT2D eigenvalue weighted by molar-refractivity contribution is -0.120. The smallest absolute Gasteiger partial charge is 0.243 e. The number of hydrogen-bond acceptors (Lipinski definition) is 5. The van der Waals surface area contributed by atoms with Gasteiger partial charge in [0, 0.05) is 23.9 Å². The highest BCUT2D eigenvalue weighted by Gasteiger charge is 2.32. The van der Waals surface area contributed by atoms with E-state index >= 15 is 0 Å². The quantitative estimate of drug-likeness (QED) is 0.860. The van der Waals surface area contributed by atoms with Crippen molar-refractivity contribution in [2.24, 2.45) is 5.92 Å². The van der Waals surface area contributed by atoms with E-state index in [4.69, 9.17) is 0 Å². The van der Waals surface area contributed by atoms with Crippen LogP contribution in [0.4, 0.5) is 9.52 Å². The molecule has 0 unspecified atom stereocenters. The van der Waals surface area contributed by atoms with Gasteiger partial charge in [0.05, 0.1) is 10.6 Å². The molecule has 1 aromatic heterocycles. The monoisotopic (exact) mass is 397 g/mol. The van der Waals surface area contributed by atoms with Crippen LogP contribution >= 0.6 is 11.3 Å². The Morgan fingerprint density at radius 2 is 1.85 bits per heavy atom. The molecule has 0 bridgehead atoms. The van der Waals surface area contributed by atoms with Gasteiger partial charge in [-0.2, -0.15) is 4.31 Å². The second-order valence-corrected chi connectivity index (χ2v) is 9.42. The van der Waals surface area contributed by atoms with E-state index in [0.29, 0.717) is 18.0 Å². The number of piperidine rings is 1. The molecule has 1 aliphatic rings. The lowest BCUT2D eigenvalue weighted by Crippen LogP contribution is -2.41. The number of anilines is 1. The average molecular weight is 397 g/mol. The van der Waals surface area contributed by atoms with E-state index in [1.807, 2.05) is 13.8 Å². The Hall–Kier alpha value is -1.84. The van der Waals surface area contributed by atoms with Crippen LogP contribution in [0.25, 0.3) is 0 Å². The van der Waals surface area contributed by atoms with Crippen LogP contribution in [0.3, 0.4) is 0 Å². The number of halogens is 1. The largest absolute Gasteiger partial charge is 0.302 e. The highest BCUT2D eigenvalue weighted by molar-refractivity contribution is 7.89. The summed E-state index contributed by atoms with van der Waals surface area (Å²) in [6.45, 7) is 4.35. The first kappa shape index (κ1) is 18.9. The van der Waals surface area contributed by atoms with Crippen molar-refractivity contribution >= 4 is 32.4 Å². The first-order chi connectivity index (χ1) is 12.3. The minimum absolute atomic E-state index is 0.0653. The second-order valence-electron chi connectivity index (χ2n) is 6.28. The highest BCUT2D eigenvalue weighted by atomic mass is 32.2. The highest BCUT2D eigenvalue weighted by Crippen LogP contribution is 2.26. The van der Waals surface area contributed by atoms with E-state index in [1.54, 1.807) is 0 Å². The van der Waals surface area contributed by atoms with E-state index in [2.05, 4.69) is 10.3 Å². The van der Waals surface area contributed by atoms with Gasteiger partial charge in [0.1, 0.15) is 5.82 Å². The molecule has 26 heavy (non-hydrogen) atoms. The molecule has 0 atom stereocenters. The molecule has 1 amide bonds. The van der Waals surface area contributed by atoms with Gasteiger partial charge in [-0.1, -0.05) is 0 Å². The van der Waals surface area contributed by atoms with Crippen LogP contribution in [-0.2, 0) is 14.8 Å². The van der Waals surface area contributed by atoms with E-state index in [0.717, 1.165) is 22.7 Å². The van der Waals surface area contributed by atoms with Gasteiger partial charge in [-0.05, 0) is 51.0 Å². The molecule has 0 aliphatic carbocycles. The van der Waals surface area contributed by atoms with Gasteiger partial charge < -0.3 is 5.32 Å². The fourth-order valence-electron chi connectivity index (χ4n) is 2.85. The molecule has 2 heterocycles. The summed E-state index contributed by atoms with van der Waals surface area (Å²) in [4.78, 5) is 17.8. The summed E-state index contributed by atoms with van der Waals surface area (Å²) >= 11 is 1.43. The maximum Gasteiger partial charge on any atom is 0.243 e. The molecular formula is C17H20FN3O3S2. The van der Waals surface area contributed by atoms with Crippen molar-refractivity contribution in [3.8, 4) is 0 Å². The molecule has 0 spiro atoms. The minimum atomic E-state index is -3.66. The van der Waals surface area contributed by atoms with Gasteiger partial charge in [-0.25, -0.2) is 17.8 Å². The van der Waals surface area contributed by atoms with Gasteiger partial charge in [0.2, 0.25) is 15.9 Å². The Bertz CT molecular complexity index is 882. The molecule has 6 nitrogen and oxygen atoms in total. The number of thiazole rings is 1. The Labute approximate surface area is 156 Å². The Morgan fingerprint density at radius 1 is 1.23 bits per heavy atom. The van der Waals surface area contributed by atoms with Gasteiger partial charge >= 0.3 is 0 Å². The summed E-state index contributed by atoms with van der Waals surface area (Å²) in [7, 11) is -3.66. The van der Waals surface area contributed by atoms with Crippen LogP contribution in [0, 0.1) is 25.6 Å². The number of carbonyl (C=O) groups excluding carboxylic acids is 1. The number of sulfonamides is 1. The third kappa shape index (κ3) is 3.94. The topological polar surface area (TPSA) is 79.4 Å². The minimum Gasteiger partial charge on any atom is -0.302 e. The normalized spacial score (nSPS) is 16.6. The van der Waals surface area contributed by atoms with Crippen molar-refractivity contribution < 1.29 is 17.6 Å². The molecule has 140 valence electrons. The molecule has 1 fully saturated rings. The zero-order valence-electron chi connectivity index (χ0n) is 14.5. The van der Waals surface area contributed by atoms with Crippen molar-refractivity contribution in [1.82, 2.24) is 9.29 Å². The molecule has 1 saturated heterocycles. The summed E-state index contributed by atoms with van der Waals surface area (Å²) < 4.78 is 39.6. The molecule has 3 rings (SSSR count). The standard InChI is InChI=1S/C17H20FN3O3S2/c1-11-12(2)25-17(19-11)20-16(22)13-7-9-21(10-8-13)26(23,24)15-5-3-14(18)4-6-15/h3-6,13H,7-10H2,1-2H3,(H,19,20,22). The molecule has 0 saturated carbocycles. The summed E-state index contributed by atoms with van der Waals surface area (Å²) in [6.07, 6.45) is 0.880. The van der Waals surface area contributed by atoms with Crippen molar-refractivity contribution in [2.75, 3.05) is 18.4 Å². The maximum atomic E-state index is 13.0. The van der Waals surface area contributed by atoms with E-state index in [1.165, 1.54) is 27.8 Å². The van der Waals surface area contributed by atoms with Crippen LogP contribution in [0.2, 0.25) is 0 Å². The van der Waals surface area contributed by atoms with E-state index < -0.39 is 15.8 Å². The number of amides is 1. The van der Waals surface area contributed by atoms with Crippen LogP contribution in [0.15, 0.2) is 29.2 Å². The van der Waals surface area contributed by atoms with Crippen LogP contribution in [0.5, 0.6) is 0 Å². The Kier molecular flexibility index (Phi) is 5.40. The Morgan fingerprint density at radius 3 is 2.38 bits per heavy atom. The fraction of sp³-hybridized carbons (Fsp3) is 0.412. The van der Waals surface area contributed by atoms with Crippen molar-refractivity contribution in [2.45, 2.75) is 31.6 Å². The predicted molar refractivity (Wildman–Crippen MR) is 98.1 cm³/mol. The first-order valence-electron chi connectivity index (χ1n) is 8.28. The first-order valence-corrected chi connectivity index (χ1v) is 10.5. The van der Waals surface area contributed by atoms with Crippen molar-refractivity contribution in [1.29, 1.82) is 0 Å². The van der Waals surface area contributed by atoms with Gasteiger partial charge in [0.15, 0.2) is 5.13 Å². The lowest BCUT2D eigenvalue weighted by Gasteiger charge is -2.30. The van der Waals surface area contributed by atoms with Gasteiger partial charge in [0.25, 0.3) is 0 Å². The number of carbonyl (C=O) groups is 1. The van der Waals surface area contributed by atoms with E-state index in [-0.39, 0.29) is 29.8 Å². The van der Waals surface area contributed by atoms with Gasteiger partial charge in [-0.3, -0.25) is 4.79 Å². The third-order valence-electron chi connectivity index (χ3n) is 4.53. The number of nitrogens with one attached hydrogen (secondary N) is 1. The predicted octanol–water partition coefficient (Wildman–Crippen LogP) is 2.94. The van der Waals surface area contributed by atoms with E-state index in [9.17, 15) is 17.6 Å². The lowest BCUT2D eigenvalue weighted by atomic mass is 9.97. The molecule has 1 N–H and O–H groups in total. The zero-order chi connectivity index (χ0) is 18.9. The molecular weight excluding hydrogens is 377 g/mol. The number of hydrogen-bond donors (Lipinski definition) is 1. The molecule has 1 aliphatic heterocycles. The zero-order valence-corrected chi connectivity index (χ0v) is 16.2. The third-order valence-corrected chi connectivity index (χ3v) is 7.44. The molecule has 9 heteroatoms. The Balaban J connectivity index is 1.61. The second kappa shape index (κ2) is 7.42. The van der Waals surface area contributed by atoms with Crippen LogP contribution < -0.4 is 5.32 Å². The number of nitrogens with zero attached hydrogens (tertiary/aromatic N) is 2. The SMILES string of the molecule is Cc1nc(NC(=O)C2CCN(S(=O)(=O)c3ccc(F)cc3)CC2)sc1C. The van der Waals surface area contributed by atoms with Gasteiger partial charge in [-0.15, -0.1) is 11.3 Å². The number of benzene rings is 1. The van der Waals surface area contributed by atoms with Crippen molar-refractivity contribution in [3.05, 3.63) is 40.7 Å². The summed E-state index contributed by atoms with van der Waals surface area (Å²) in [5, 5.41) is 3.40. The van der Waals surface area contributed by atoms with Crippen LogP contribution in [0.1, 0.15) is 23.4 Å². The number of aromatic nitrogens is 1. The summed E-state index contributed by atoms with van der Waals surface area (Å²) in [6, 6.07) is 4.78. The maximum absolute atomic E-state index is 13.0. The summed E-state index contributed by atoms with van der Waals surface area (Å²) in [5.41, 5.74) is 0.894. The number of aryl methyl sites for hydroxylation is 2. The fourth-order valence-corrected chi connectivity index (χ4v) is 5.13. The number of rotatable bonds is 4. The molecule has 1 aromatic carbocycles. The van der Waals surface area contributed by atoms with Crippen LogP contribution in [-0.4, -0.2) is 36.7 Å². The average Bonchev–Trinajstić information content (AvgIpc) is 2.92. The molecule has 0 radical (unpaired) electrons.